The fourth-order valence-electron chi connectivity index (χ4n) is 2.44. The Morgan fingerprint density at radius 2 is 1.87 bits per heavy atom. The number of hydrogen-bond acceptors (Lipinski definition) is 5. The van der Waals surface area contributed by atoms with E-state index in [9.17, 15) is 9.59 Å². The highest BCUT2D eigenvalue weighted by atomic mass is 16.6. The van der Waals surface area contributed by atoms with Crippen LogP contribution in [0.5, 0.6) is 0 Å². The van der Waals surface area contributed by atoms with Gasteiger partial charge in [0.15, 0.2) is 5.78 Å². The molecule has 0 N–H and O–H groups in total. The topological polar surface area (TPSA) is 62.7 Å². The molecule has 0 aliphatic carbocycles. The minimum Gasteiger partial charge on any atom is -0.444 e. The highest BCUT2D eigenvalue weighted by molar-refractivity contribution is 5.93. The smallest absolute Gasteiger partial charge is 0.410 e. The molecule has 6 heteroatoms. The molecule has 0 bridgehead atoms. The Bertz CT molecular complexity index is 563. The summed E-state index contributed by atoms with van der Waals surface area (Å²) in [5, 5.41) is 0. The van der Waals surface area contributed by atoms with E-state index in [1.165, 1.54) is 6.92 Å². The number of carbonyl (C=O) groups excluding carboxylic acids is 2. The fourth-order valence-corrected chi connectivity index (χ4v) is 2.44. The monoisotopic (exact) mass is 319 g/mol. The van der Waals surface area contributed by atoms with Gasteiger partial charge < -0.3 is 14.5 Å². The number of carbonyl (C=O) groups is 2. The SMILES string of the molecule is CC(=O)c1ccc(N2CCCN(C(=O)OC(C)(C)C)CC2)nc1. The highest BCUT2D eigenvalue weighted by Crippen LogP contribution is 2.16. The zero-order valence-corrected chi connectivity index (χ0v) is 14.3. The molecule has 126 valence electrons. The summed E-state index contributed by atoms with van der Waals surface area (Å²) in [7, 11) is 0. The van der Waals surface area contributed by atoms with Gasteiger partial charge in [0.1, 0.15) is 11.4 Å². The zero-order chi connectivity index (χ0) is 17.0. The molecule has 0 unspecified atom stereocenters. The van der Waals surface area contributed by atoms with Gasteiger partial charge >= 0.3 is 6.09 Å². The Kier molecular flexibility index (Phi) is 5.23. The second kappa shape index (κ2) is 6.98. The van der Waals surface area contributed by atoms with Crippen LogP contribution >= 0.6 is 0 Å². The lowest BCUT2D eigenvalue weighted by atomic mass is 10.2. The molecule has 6 nitrogen and oxygen atoms in total. The number of pyridine rings is 1. The van der Waals surface area contributed by atoms with Crippen molar-refractivity contribution in [3.8, 4) is 0 Å². The second-order valence-corrected chi connectivity index (χ2v) is 6.77. The first-order valence-electron chi connectivity index (χ1n) is 7.96. The van der Waals surface area contributed by atoms with Gasteiger partial charge in [-0.2, -0.15) is 0 Å². The molecule has 2 rings (SSSR count). The maximum absolute atomic E-state index is 12.2. The Hall–Kier alpha value is -2.11. The van der Waals surface area contributed by atoms with E-state index in [0.717, 1.165) is 18.8 Å². The molecule has 0 spiro atoms. The molecular weight excluding hydrogens is 294 g/mol. The quantitative estimate of drug-likeness (QED) is 0.784. The van der Waals surface area contributed by atoms with Crippen LogP contribution in [0.25, 0.3) is 0 Å². The van der Waals surface area contributed by atoms with Crippen LogP contribution in [0.1, 0.15) is 44.5 Å². The van der Waals surface area contributed by atoms with Crippen molar-refractivity contribution in [3.63, 3.8) is 0 Å². The molecule has 1 aliphatic rings. The van der Waals surface area contributed by atoms with Gasteiger partial charge in [0.2, 0.25) is 0 Å². The Labute approximate surface area is 137 Å². The largest absolute Gasteiger partial charge is 0.444 e. The maximum atomic E-state index is 12.2. The minimum atomic E-state index is -0.479. The van der Waals surface area contributed by atoms with E-state index in [4.69, 9.17) is 4.74 Å². The number of rotatable bonds is 2. The van der Waals surface area contributed by atoms with Crippen LogP contribution in [-0.2, 0) is 4.74 Å². The number of Topliss-reactive ketones (excluding diaryl/α,β-unsaturated/α-hetero) is 1. The van der Waals surface area contributed by atoms with Gasteiger partial charge in [-0.3, -0.25) is 4.79 Å². The number of aromatic nitrogens is 1. The van der Waals surface area contributed by atoms with E-state index in [0.29, 0.717) is 25.2 Å². The van der Waals surface area contributed by atoms with E-state index in [-0.39, 0.29) is 11.9 Å². The first-order valence-corrected chi connectivity index (χ1v) is 7.96. The van der Waals surface area contributed by atoms with Crippen molar-refractivity contribution in [2.24, 2.45) is 0 Å². The van der Waals surface area contributed by atoms with Crippen molar-refractivity contribution in [2.45, 2.75) is 39.7 Å². The summed E-state index contributed by atoms with van der Waals surface area (Å²) in [5.41, 5.74) is 0.131. The lowest BCUT2D eigenvalue weighted by Gasteiger charge is -2.26. The van der Waals surface area contributed by atoms with Gasteiger partial charge in [-0.15, -0.1) is 0 Å². The number of amides is 1. The normalized spacial score (nSPS) is 16.0. The molecule has 2 heterocycles. The molecule has 0 saturated carbocycles. The molecule has 1 aromatic heterocycles. The molecule has 1 aromatic rings. The van der Waals surface area contributed by atoms with E-state index >= 15 is 0 Å². The molecular formula is C17H25N3O3. The lowest BCUT2D eigenvalue weighted by Crippen LogP contribution is -2.39. The lowest BCUT2D eigenvalue weighted by molar-refractivity contribution is 0.0263. The summed E-state index contributed by atoms with van der Waals surface area (Å²) >= 11 is 0. The number of hydrogen-bond donors (Lipinski definition) is 0. The third-order valence-electron chi connectivity index (χ3n) is 3.63. The summed E-state index contributed by atoms with van der Waals surface area (Å²) in [6.07, 6.45) is 2.20. The summed E-state index contributed by atoms with van der Waals surface area (Å²) in [6.45, 7) is 9.95. The van der Waals surface area contributed by atoms with Gasteiger partial charge in [-0.1, -0.05) is 0 Å². The molecule has 1 aliphatic heterocycles. The van der Waals surface area contributed by atoms with E-state index in [1.807, 2.05) is 26.8 Å². The van der Waals surface area contributed by atoms with E-state index < -0.39 is 5.60 Å². The van der Waals surface area contributed by atoms with Crippen LogP contribution in [0.3, 0.4) is 0 Å². The van der Waals surface area contributed by atoms with Crippen LogP contribution in [0, 0.1) is 0 Å². The Balaban J connectivity index is 1.98. The van der Waals surface area contributed by atoms with Gasteiger partial charge in [-0.05, 0) is 46.2 Å². The molecule has 1 saturated heterocycles. The number of ketones is 1. The van der Waals surface area contributed by atoms with Gasteiger partial charge in [0, 0.05) is 37.9 Å². The molecule has 0 radical (unpaired) electrons. The average Bonchev–Trinajstić information content (AvgIpc) is 2.71. The first-order chi connectivity index (χ1) is 10.8. The predicted octanol–water partition coefficient (Wildman–Crippen LogP) is 2.73. The van der Waals surface area contributed by atoms with Crippen LogP contribution in [0.15, 0.2) is 18.3 Å². The minimum absolute atomic E-state index is 0.0102. The van der Waals surface area contributed by atoms with Crippen molar-refractivity contribution in [2.75, 3.05) is 31.1 Å². The number of ether oxygens (including phenoxy) is 1. The number of nitrogens with zero attached hydrogens (tertiary/aromatic N) is 3. The second-order valence-electron chi connectivity index (χ2n) is 6.77. The van der Waals surface area contributed by atoms with Crippen LogP contribution in [0.2, 0.25) is 0 Å². The molecule has 0 aromatic carbocycles. The highest BCUT2D eigenvalue weighted by Gasteiger charge is 2.24. The fraction of sp³-hybridized carbons (Fsp3) is 0.588. The summed E-state index contributed by atoms with van der Waals surface area (Å²) in [6, 6.07) is 3.65. The van der Waals surface area contributed by atoms with Gasteiger partial charge in [-0.25, -0.2) is 9.78 Å². The third kappa shape index (κ3) is 4.94. The predicted molar refractivity (Wildman–Crippen MR) is 88.9 cm³/mol. The molecule has 0 atom stereocenters. The van der Waals surface area contributed by atoms with Crippen molar-refractivity contribution in [3.05, 3.63) is 23.9 Å². The molecule has 1 amide bonds. The third-order valence-corrected chi connectivity index (χ3v) is 3.63. The van der Waals surface area contributed by atoms with Crippen molar-refractivity contribution in [1.82, 2.24) is 9.88 Å². The van der Waals surface area contributed by atoms with E-state index in [2.05, 4.69) is 9.88 Å². The summed E-state index contributed by atoms with van der Waals surface area (Å²) in [5.74, 6) is 0.844. The standard InChI is InChI=1S/C17H25N3O3/c1-13(21)14-6-7-15(18-12-14)19-8-5-9-20(11-10-19)16(22)23-17(2,3)4/h6-7,12H,5,8-11H2,1-4H3. The zero-order valence-electron chi connectivity index (χ0n) is 14.3. The molecule has 23 heavy (non-hydrogen) atoms. The van der Waals surface area contributed by atoms with Gasteiger partial charge in [0.05, 0.1) is 0 Å². The van der Waals surface area contributed by atoms with Crippen LogP contribution in [-0.4, -0.2) is 53.5 Å². The van der Waals surface area contributed by atoms with Crippen molar-refractivity contribution < 1.29 is 14.3 Å². The Morgan fingerprint density at radius 1 is 1.13 bits per heavy atom. The maximum Gasteiger partial charge on any atom is 0.410 e. The molecule has 1 fully saturated rings. The van der Waals surface area contributed by atoms with Crippen molar-refractivity contribution in [1.29, 1.82) is 0 Å². The van der Waals surface area contributed by atoms with Crippen LogP contribution < -0.4 is 4.90 Å². The first kappa shape index (κ1) is 17.2. The van der Waals surface area contributed by atoms with Gasteiger partial charge in [0.25, 0.3) is 0 Å². The average molecular weight is 319 g/mol. The van der Waals surface area contributed by atoms with E-state index in [1.54, 1.807) is 17.2 Å². The van der Waals surface area contributed by atoms with Crippen molar-refractivity contribution >= 4 is 17.7 Å². The summed E-state index contributed by atoms with van der Waals surface area (Å²) in [4.78, 5) is 31.7. The van der Waals surface area contributed by atoms with Crippen LogP contribution in [0.4, 0.5) is 10.6 Å². The Morgan fingerprint density at radius 3 is 2.43 bits per heavy atom. The number of anilines is 1. The summed E-state index contributed by atoms with van der Waals surface area (Å²) < 4.78 is 5.43.